The Morgan fingerprint density at radius 1 is 0.667 bits per heavy atom. The van der Waals surface area contributed by atoms with Gasteiger partial charge in [0.05, 0.1) is 6.42 Å². The molecule has 0 aliphatic carbocycles. The topological polar surface area (TPSA) is 49.4 Å². The molecule has 182 valence electrons. The zero-order chi connectivity index (χ0) is 25.3. The molecule has 0 saturated carbocycles. The maximum Gasteiger partial charge on any atom is 0.247 e. The van der Waals surface area contributed by atoms with E-state index >= 15 is 0 Å². The van der Waals surface area contributed by atoms with Crippen molar-refractivity contribution in [3.05, 3.63) is 141 Å². The summed E-state index contributed by atoms with van der Waals surface area (Å²) < 4.78 is 0. The molecule has 0 aliphatic rings. The van der Waals surface area contributed by atoms with Crippen molar-refractivity contribution in [3.8, 4) is 0 Å². The van der Waals surface area contributed by atoms with E-state index in [4.69, 9.17) is 23.2 Å². The Morgan fingerprint density at radius 3 is 1.78 bits per heavy atom. The first-order valence-corrected chi connectivity index (χ1v) is 12.4. The van der Waals surface area contributed by atoms with Gasteiger partial charge in [-0.25, -0.2) is 0 Å². The van der Waals surface area contributed by atoms with Crippen LogP contribution in [0.1, 0.15) is 28.3 Å². The van der Waals surface area contributed by atoms with Crippen LogP contribution in [0.3, 0.4) is 0 Å². The van der Waals surface area contributed by atoms with Gasteiger partial charge < -0.3 is 10.2 Å². The van der Waals surface area contributed by atoms with Crippen molar-refractivity contribution in [1.82, 2.24) is 10.2 Å². The molecular formula is C30H26Cl2N2O2. The SMILES string of the molecule is O=C(NCc1ccc(Cl)cc1)[C@@H](c1ccccc1)N(Cc1ccc(Cl)cc1)C(=O)Cc1ccccc1. The van der Waals surface area contributed by atoms with E-state index in [1.165, 1.54) is 0 Å². The molecule has 36 heavy (non-hydrogen) atoms. The lowest BCUT2D eigenvalue weighted by Crippen LogP contribution is -2.43. The summed E-state index contributed by atoms with van der Waals surface area (Å²) in [7, 11) is 0. The number of amides is 2. The first kappa shape index (κ1) is 25.5. The molecular weight excluding hydrogens is 491 g/mol. The monoisotopic (exact) mass is 516 g/mol. The molecule has 1 N–H and O–H groups in total. The van der Waals surface area contributed by atoms with Crippen LogP contribution in [-0.2, 0) is 29.1 Å². The van der Waals surface area contributed by atoms with E-state index in [2.05, 4.69) is 5.32 Å². The van der Waals surface area contributed by atoms with Gasteiger partial charge in [-0.2, -0.15) is 0 Å². The van der Waals surface area contributed by atoms with Gasteiger partial charge in [0, 0.05) is 23.1 Å². The third-order valence-electron chi connectivity index (χ3n) is 5.84. The second-order valence-corrected chi connectivity index (χ2v) is 9.34. The van der Waals surface area contributed by atoms with E-state index in [9.17, 15) is 9.59 Å². The summed E-state index contributed by atoms with van der Waals surface area (Å²) in [6.07, 6.45) is 0.183. The number of nitrogens with one attached hydrogen (secondary N) is 1. The quantitative estimate of drug-likeness (QED) is 0.271. The Bertz CT molecular complexity index is 1280. The molecule has 1 atom stereocenters. The number of carbonyl (C=O) groups is 2. The third-order valence-corrected chi connectivity index (χ3v) is 6.34. The molecule has 6 heteroatoms. The molecule has 0 bridgehead atoms. The number of halogens is 2. The van der Waals surface area contributed by atoms with Crippen molar-refractivity contribution in [2.75, 3.05) is 0 Å². The normalized spacial score (nSPS) is 11.5. The zero-order valence-corrected chi connectivity index (χ0v) is 21.1. The highest BCUT2D eigenvalue weighted by atomic mass is 35.5. The van der Waals surface area contributed by atoms with Gasteiger partial charge in [0.2, 0.25) is 11.8 Å². The maximum absolute atomic E-state index is 13.7. The Labute approximate surface area is 221 Å². The number of rotatable bonds is 9. The van der Waals surface area contributed by atoms with Gasteiger partial charge in [-0.3, -0.25) is 9.59 Å². The number of hydrogen-bond acceptors (Lipinski definition) is 2. The van der Waals surface area contributed by atoms with Crippen LogP contribution in [0.4, 0.5) is 0 Å². The van der Waals surface area contributed by atoms with E-state index in [0.717, 1.165) is 22.3 Å². The number of benzene rings is 4. The third kappa shape index (κ3) is 6.97. The van der Waals surface area contributed by atoms with Gasteiger partial charge in [-0.1, -0.05) is 108 Å². The zero-order valence-electron chi connectivity index (χ0n) is 19.6. The molecule has 0 fully saturated rings. The van der Waals surface area contributed by atoms with Crippen molar-refractivity contribution in [2.45, 2.75) is 25.6 Å². The van der Waals surface area contributed by atoms with Crippen molar-refractivity contribution in [2.24, 2.45) is 0 Å². The van der Waals surface area contributed by atoms with Gasteiger partial charge in [0.1, 0.15) is 6.04 Å². The molecule has 4 rings (SSSR count). The molecule has 0 unspecified atom stereocenters. The average molecular weight is 517 g/mol. The van der Waals surface area contributed by atoms with Crippen LogP contribution < -0.4 is 5.32 Å². The first-order valence-electron chi connectivity index (χ1n) is 11.6. The molecule has 2 amide bonds. The summed E-state index contributed by atoms with van der Waals surface area (Å²) in [4.78, 5) is 29.0. The standard InChI is InChI=1S/C30H26Cl2N2O2/c31-26-15-11-23(12-16-26)20-33-30(36)29(25-9-5-2-6-10-25)34(21-24-13-17-27(32)18-14-24)28(35)19-22-7-3-1-4-8-22/h1-18,29H,19-21H2,(H,33,36)/t29-/m1/s1. The molecule has 4 nitrogen and oxygen atoms in total. The number of hydrogen-bond donors (Lipinski definition) is 1. The summed E-state index contributed by atoms with van der Waals surface area (Å²) >= 11 is 12.1. The van der Waals surface area contributed by atoms with E-state index in [1.807, 2.05) is 84.9 Å². The lowest BCUT2D eigenvalue weighted by molar-refractivity contribution is -0.141. The van der Waals surface area contributed by atoms with Crippen LogP contribution in [0.5, 0.6) is 0 Å². The van der Waals surface area contributed by atoms with Gasteiger partial charge in [-0.05, 0) is 46.5 Å². The highest BCUT2D eigenvalue weighted by Gasteiger charge is 2.31. The van der Waals surface area contributed by atoms with Crippen LogP contribution >= 0.6 is 23.2 Å². The van der Waals surface area contributed by atoms with Crippen LogP contribution in [0, 0.1) is 0 Å². The lowest BCUT2D eigenvalue weighted by atomic mass is 10.0. The summed E-state index contributed by atoms with van der Waals surface area (Å²) in [5.74, 6) is -0.404. The van der Waals surface area contributed by atoms with Crippen molar-refractivity contribution < 1.29 is 9.59 Å². The van der Waals surface area contributed by atoms with Crippen molar-refractivity contribution in [1.29, 1.82) is 0 Å². The second-order valence-electron chi connectivity index (χ2n) is 8.47. The molecule has 0 aliphatic heterocycles. The Balaban J connectivity index is 1.66. The maximum atomic E-state index is 13.7. The molecule has 0 aromatic heterocycles. The average Bonchev–Trinajstić information content (AvgIpc) is 2.90. The van der Waals surface area contributed by atoms with Crippen LogP contribution in [0.15, 0.2) is 109 Å². The van der Waals surface area contributed by atoms with Crippen LogP contribution in [0.25, 0.3) is 0 Å². The summed E-state index contributed by atoms with van der Waals surface area (Å²) in [6, 6.07) is 32.7. The highest BCUT2D eigenvalue weighted by molar-refractivity contribution is 6.30. The summed E-state index contributed by atoms with van der Waals surface area (Å²) in [6.45, 7) is 0.581. The van der Waals surface area contributed by atoms with E-state index in [1.54, 1.807) is 29.2 Å². The van der Waals surface area contributed by atoms with Gasteiger partial charge in [-0.15, -0.1) is 0 Å². The minimum absolute atomic E-state index is 0.147. The highest BCUT2D eigenvalue weighted by Crippen LogP contribution is 2.26. The second kappa shape index (κ2) is 12.4. The Morgan fingerprint density at radius 2 is 1.19 bits per heavy atom. The van der Waals surface area contributed by atoms with E-state index in [-0.39, 0.29) is 24.8 Å². The predicted octanol–water partition coefficient (Wildman–Crippen LogP) is 6.62. The largest absolute Gasteiger partial charge is 0.350 e. The minimum atomic E-state index is -0.814. The molecule has 4 aromatic carbocycles. The molecule has 0 radical (unpaired) electrons. The fraction of sp³-hybridized carbons (Fsp3) is 0.133. The van der Waals surface area contributed by atoms with Gasteiger partial charge in [0.15, 0.2) is 0 Å². The van der Waals surface area contributed by atoms with Crippen LogP contribution in [0.2, 0.25) is 10.0 Å². The first-order chi connectivity index (χ1) is 17.5. The van der Waals surface area contributed by atoms with E-state index in [0.29, 0.717) is 16.6 Å². The lowest BCUT2D eigenvalue weighted by Gasteiger charge is -2.32. The fourth-order valence-electron chi connectivity index (χ4n) is 3.98. The van der Waals surface area contributed by atoms with E-state index < -0.39 is 6.04 Å². The number of carbonyl (C=O) groups excluding carboxylic acids is 2. The molecule has 4 aromatic rings. The smallest absolute Gasteiger partial charge is 0.247 e. The Hall–Kier alpha value is -3.60. The van der Waals surface area contributed by atoms with Crippen molar-refractivity contribution >= 4 is 35.0 Å². The van der Waals surface area contributed by atoms with Crippen LogP contribution in [-0.4, -0.2) is 16.7 Å². The van der Waals surface area contributed by atoms with Gasteiger partial charge in [0.25, 0.3) is 0 Å². The van der Waals surface area contributed by atoms with Gasteiger partial charge >= 0.3 is 0 Å². The predicted molar refractivity (Wildman–Crippen MR) is 145 cm³/mol. The Kier molecular flexibility index (Phi) is 8.77. The summed E-state index contributed by atoms with van der Waals surface area (Å²) in [5, 5.41) is 4.26. The number of nitrogens with zero attached hydrogens (tertiary/aromatic N) is 1. The fourth-order valence-corrected chi connectivity index (χ4v) is 4.23. The molecule has 0 heterocycles. The summed E-state index contributed by atoms with van der Waals surface area (Å²) in [5.41, 5.74) is 3.42. The molecule has 0 spiro atoms. The minimum Gasteiger partial charge on any atom is -0.350 e. The molecule has 0 saturated heterocycles. The van der Waals surface area contributed by atoms with Crippen molar-refractivity contribution in [3.63, 3.8) is 0 Å².